The van der Waals surface area contributed by atoms with Crippen LogP contribution in [0.2, 0.25) is 0 Å². The fourth-order valence-corrected chi connectivity index (χ4v) is 5.11. The summed E-state index contributed by atoms with van der Waals surface area (Å²) in [7, 11) is 0. The Hall–Kier alpha value is -3.41. The van der Waals surface area contributed by atoms with Crippen LogP contribution < -0.4 is 10.1 Å². The van der Waals surface area contributed by atoms with E-state index in [1.807, 2.05) is 24.3 Å². The molecule has 0 unspecified atom stereocenters. The molecular formula is C30H29ClFNO3. The van der Waals surface area contributed by atoms with Crippen LogP contribution in [0.3, 0.4) is 0 Å². The molecule has 0 aliphatic carbocycles. The number of aromatic carboxylic acids is 1. The molecule has 0 saturated heterocycles. The molecule has 0 saturated carbocycles. The van der Waals surface area contributed by atoms with Crippen molar-refractivity contribution in [2.24, 2.45) is 0 Å². The van der Waals surface area contributed by atoms with Crippen LogP contribution in [-0.2, 0) is 0 Å². The Balaban J connectivity index is 0.00000304. The van der Waals surface area contributed by atoms with Crippen LogP contribution in [0.4, 0.5) is 4.39 Å². The van der Waals surface area contributed by atoms with Crippen molar-refractivity contribution in [1.82, 2.24) is 5.32 Å². The van der Waals surface area contributed by atoms with Gasteiger partial charge >= 0.3 is 5.97 Å². The average molecular weight is 506 g/mol. The predicted molar refractivity (Wildman–Crippen MR) is 143 cm³/mol. The summed E-state index contributed by atoms with van der Waals surface area (Å²) in [5.41, 5.74) is 2.77. The molecule has 4 aromatic carbocycles. The van der Waals surface area contributed by atoms with E-state index in [1.165, 1.54) is 28.5 Å². The molecule has 4 nitrogen and oxygen atoms in total. The second kappa shape index (κ2) is 11.1. The third kappa shape index (κ3) is 5.23. The number of rotatable bonds is 7. The maximum atomic E-state index is 14.0. The number of nitrogens with one attached hydrogen (secondary N) is 1. The second-order valence-corrected chi connectivity index (χ2v) is 9.14. The molecule has 5 rings (SSSR count). The minimum Gasteiger partial charge on any atom is -0.490 e. The lowest BCUT2D eigenvalue weighted by Crippen LogP contribution is -2.31. The van der Waals surface area contributed by atoms with Gasteiger partial charge in [0.05, 0.1) is 5.56 Å². The summed E-state index contributed by atoms with van der Waals surface area (Å²) in [4.78, 5) is 11.5. The Morgan fingerprint density at radius 1 is 1.06 bits per heavy atom. The van der Waals surface area contributed by atoms with Crippen molar-refractivity contribution >= 4 is 29.1 Å². The second-order valence-electron chi connectivity index (χ2n) is 9.14. The number of hydrogen-bond acceptors (Lipinski definition) is 3. The first kappa shape index (κ1) is 25.7. The van der Waals surface area contributed by atoms with E-state index in [1.54, 1.807) is 6.07 Å². The van der Waals surface area contributed by atoms with Gasteiger partial charge in [0, 0.05) is 17.5 Å². The lowest BCUT2D eigenvalue weighted by atomic mass is 9.83. The van der Waals surface area contributed by atoms with Crippen molar-refractivity contribution in [3.8, 4) is 5.75 Å². The number of ether oxygens (including phenoxy) is 1. The zero-order valence-electron chi connectivity index (χ0n) is 20.0. The molecule has 1 heterocycles. The minimum atomic E-state index is -1.26. The number of carbonyl (C=O) groups is 1. The summed E-state index contributed by atoms with van der Waals surface area (Å²) in [5, 5.41) is 15.5. The van der Waals surface area contributed by atoms with Crippen molar-refractivity contribution in [3.05, 3.63) is 113 Å². The first-order chi connectivity index (χ1) is 17.0. The van der Waals surface area contributed by atoms with Crippen LogP contribution in [0.25, 0.3) is 10.8 Å². The number of carboxylic acids is 1. The number of hydrogen-bond donors (Lipinski definition) is 2. The van der Waals surface area contributed by atoms with E-state index in [-0.39, 0.29) is 36.0 Å². The molecule has 6 heteroatoms. The molecule has 186 valence electrons. The lowest BCUT2D eigenvalue weighted by Gasteiger charge is -2.33. The molecule has 2 N–H and O–H groups in total. The zero-order valence-corrected chi connectivity index (χ0v) is 20.8. The SMILES string of the molecule is C[C@@H](NCC[C@H]1C[C@@H](c2ccc(F)c(C(=O)O)c2)c2ccccc2O1)c1cccc2ccccc12.Cl. The molecule has 0 radical (unpaired) electrons. The minimum absolute atomic E-state index is 0. The highest BCUT2D eigenvalue weighted by atomic mass is 35.5. The Morgan fingerprint density at radius 2 is 1.81 bits per heavy atom. The van der Waals surface area contributed by atoms with Crippen LogP contribution >= 0.6 is 12.4 Å². The first-order valence-corrected chi connectivity index (χ1v) is 12.0. The number of halogens is 2. The molecule has 1 aliphatic heterocycles. The summed E-state index contributed by atoms with van der Waals surface area (Å²) in [6, 6.07) is 27.2. The van der Waals surface area contributed by atoms with Crippen LogP contribution in [0.15, 0.2) is 84.9 Å². The third-order valence-electron chi connectivity index (χ3n) is 6.92. The Labute approximate surface area is 216 Å². The average Bonchev–Trinajstić information content (AvgIpc) is 2.88. The van der Waals surface area contributed by atoms with Crippen molar-refractivity contribution in [2.75, 3.05) is 6.54 Å². The van der Waals surface area contributed by atoms with E-state index in [0.29, 0.717) is 6.42 Å². The van der Waals surface area contributed by atoms with Gasteiger partial charge < -0.3 is 15.2 Å². The van der Waals surface area contributed by atoms with E-state index >= 15 is 0 Å². The molecule has 0 aromatic heterocycles. The van der Waals surface area contributed by atoms with Crippen molar-refractivity contribution < 1.29 is 19.0 Å². The number of carboxylic acid groups (broad SMARTS) is 1. The molecular weight excluding hydrogens is 477 g/mol. The molecule has 1 aliphatic rings. The van der Waals surface area contributed by atoms with Crippen molar-refractivity contribution in [2.45, 2.75) is 37.8 Å². The van der Waals surface area contributed by atoms with Crippen LogP contribution in [0.5, 0.6) is 5.75 Å². The topological polar surface area (TPSA) is 58.6 Å². The van der Waals surface area contributed by atoms with Crippen LogP contribution in [0, 0.1) is 5.82 Å². The molecule has 0 bridgehead atoms. The molecule has 36 heavy (non-hydrogen) atoms. The first-order valence-electron chi connectivity index (χ1n) is 12.0. The van der Waals surface area contributed by atoms with E-state index in [2.05, 4.69) is 54.7 Å². The van der Waals surface area contributed by atoms with Gasteiger partial charge in [0.25, 0.3) is 0 Å². The quantitative estimate of drug-likeness (QED) is 0.280. The summed E-state index contributed by atoms with van der Waals surface area (Å²) in [6.07, 6.45) is 1.46. The molecule has 3 atom stereocenters. The van der Waals surface area contributed by atoms with Gasteiger partial charge in [-0.3, -0.25) is 0 Å². The normalized spacial score (nSPS) is 17.5. The molecule has 0 amide bonds. The van der Waals surface area contributed by atoms with Gasteiger partial charge in [0.2, 0.25) is 0 Å². The Kier molecular flexibility index (Phi) is 7.92. The largest absolute Gasteiger partial charge is 0.490 e. The summed E-state index contributed by atoms with van der Waals surface area (Å²) in [6.45, 7) is 2.95. The highest BCUT2D eigenvalue weighted by Crippen LogP contribution is 2.41. The molecule has 4 aromatic rings. The van der Waals surface area contributed by atoms with E-state index in [9.17, 15) is 14.3 Å². The van der Waals surface area contributed by atoms with Gasteiger partial charge in [-0.25, -0.2) is 9.18 Å². The predicted octanol–water partition coefficient (Wildman–Crippen LogP) is 7.12. The fourth-order valence-electron chi connectivity index (χ4n) is 5.11. The van der Waals surface area contributed by atoms with Crippen LogP contribution in [0.1, 0.15) is 58.8 Å². The fraction of sp³-hybridized carbons (Fsp3) is 0.233. The van der Waals surface area contributed by atoms with Crippen molar-refractivity contribution in [3.63, 3.8) is 0 Å². The third-order valence-corrected chi connectivity index (χ3v) is 6.92. The molecule has 0 fully saturated rings. The summed E-state index contributed by atoms with van der Waals surface area (Å²) >= 11 is 0. The van der Waals surface area contributed by atoms with Gasteiger partial charge in [0.1, 0.15) is 17.7 Å². The van der Waals surface area contributed by atoms with Gasteiger partial charge in [-0.05, 0) is 66.4 Å². The van der Waals surface area contributed by atoms with Gasteiger partial charge in [-0.15, -0.1) is 12.4 Å². The maximum Gasteiger partial charge on any atom is 0.338 e. The van der Waals surface area contributed by atoms with Gasteiger partial charge in [-0.2, -0.15) is 0 Å². The summed E-state index contributed by atoms with van der Waals surface area (Å²) < 4.78 is 20.3. The highest BCUT2D eigenvalue weighted by molar-refractivity contribution is 5.88. The smallest absolute Gasteiger partial charge is 0.338 e. The number of benzene rings is 4. The van der Waals surface area contributed by atoms with Gasteiger partial charge in [-0.1, -0.05) is 66.7 Å². The van der Waals surface area contributed by atoms with E-state index < -0.39 is 11.8 Å². The maximum absolute atomic E-state index is 14.0. The van der Waals surface area contributed by atoms with E-state index in [4.69, 9.17) is 4.74 Å². The number of para-hydroxylation sites is 1. The van der Waals surface area contributed by atoms with E-state index in [0.717, 1.165) is 29.8 Å². The monoisotopic (exact) mass is 505 g/mol. The van der Waals surface area contributed by atoms with Crippen LogP contribution in [-0.4, -0.2) is 23.7 Å². The number of fused-ring (bicyclic) bond motifs is 2. The van der Waals surface area contributed by atoms with Gasteiger partial charge in [0.15, 0.2) is 0 Å². The molecule has 0 spiro atoms. The standard InChI is InChI=1S/C30H28FNO3.ClH/c1-19(23-11-6-8-20-7-2-3-9-24(20)23)32-16-15-22-18-26(25-10-4-5-12-29(25)35-22)21-13-14-28(31)27(17-21)30(33)34;/h2-14,17,19,22,26,32H,15-16,18H2,1H3,(H,33,34);1H/t19-,22+,26+;/m1./s1. The summed E-state index contributed by atoms with van der Waals surface area (Å²) in [5.74, 6) is -1.23. The lowest BCUT2D eigenvalue weighted by molar-refractivity contribution is 0.0691. The Morgan fingerprint density at radius 3 is 2.64 bits per heavy atom. The highest BCUT2D eigenvalue weighted by Gasteiger charge is 2.30. The van der Waals surface area contributed by atoms with Crippen molar-refractivity contribution in [1.29, 1.82) is 0 Å². The zero-order chi connectivity index (χ0) is 24.4. The Bertz CT molecular complexity index is 1370.